The van der Waals surface area contributed by atoms with Crippen LogP contribution in [0.25, 0.3) is 5.69 Å². The van der Waals surface area contributed by atoms with Crippen molar-refractivity contribution in [3.05, 3.63) is 54.1 Å². The molecule has 0 saturated heterocycles. The van der Waals surface area contributed by atoms with Gasteiger partial charge in [-0.2, -0.15) is 0 Å². The highest BCUT2D eigenvalue weighted by molar-refractivity contribution is 5.94. The zero-order valence-corrected chi connectivity index (χ0v) is 12.8. The molecular weight excluding hydrogens is 283 g/mol. The minimum atomic E-state index is -0.444. The summed E-state index contributed by atoms with van der Waals surface area (Å²) in [6, 6.07) is 8.05. The third-order valence-electron chi connectivity index (χ3n) is 3.45. The van der Waals surface area contributed by atoms with E-state index in [4.69, 9.17) is 0 Å². The molecule has 4 nitrogen and oxygen atoms in total. The highest BCUT2D eigenvalue weighted by atomic mass is 19.1. The molecule has 0 bridgehead atoms. The van der Waals surface area contributed by atoms with Crippen LogP contribution in [0.15, 0.2) is 42.7 Å². The molecule has 0 saturated carbocycles. The monoisotopic (exact) mass is 304 g/mol. The lowest BCUT2D eigenvalue weighted by atomic mass is 10.0. The topological polar surface area (TPSA) is 54.3 Å². The Balaban J connectivity index is 2.01. The quantitative estimate of drug-likeness (QED) is 0.862. The van der Waals surface area contributed by atoms with Crippen LogP contribution in [-0.4, -0.2) is 28.2 Å². The molecule has 5 heteroatoms. The number of carbonyl (C=O) groups excluding carboxylic acids is 1. The lowest BCUT2D eigenvalue weighted by molar-refractivity contribution is 0.0939. The Morgan fingerprint density at radius 3 is 2.59 bits per heavy atom. The number of hydrogen-bond acceptors (Lipinski definition) is 2. The van der Waals surface area contributed by atoms with E-state index in [-0.39, 0.29) is 17.4 Å². The molecule has 0 aliphatic heterocycles. The average Bonchev–Trinajstić information content (AvgIpc) is 2.97. The zero-order valence-electron chi connectivity index (χ0n) is 12.8. The van der Waals surface area contributed by atoms with Gasteiger partial charge in [-0.05, 0) is 49.6 Å². The Morgan fingerprint density at radius 2 is 2.00 bits per heavy atom. The average molecular weight is 304 g/mol. The fourth-order valence-electron chi connectivity index (χ4n) is 2.39. The number of aliphatic hydroxyl groups excluding tert-OH is 1. The van der Waals surface area contributed by atoms with Gasteiger partial charge in [0.25, 0.3) is 5.91 Å². The SMILES string of the molecule is CC(O)CC(C)CNC(=O)c1ccc(-n2cccc2)c(F)c1. The van der Waals surface area contributed by atoms with Crippen molar-refractivity contribution >= 4 is 5.91 Å². The summed E-state index contributed by atoms with van der Waals surface area (Å²) in [5.41, 5.74) is 0.696. The minimum Gasteiger partial charge on any atom is -0.393 e. The van der Waals surface area contributed by atoms with Gasteiger partial charge in [-0.1, -0.05) is 6.92 Å². The number of halogens is 1. The van der Waals surface area contributed by atoms with Gasteiger partial charge in [0.1, 0.15) is 5.82 Å². The number of aromatic nitrogens is 1. The molecule has 0 aliphatic rings. The van der Waals surface area contributed by atoms with E-state index in [1.807, 2.05) is 19.1 Å². The van der Waals surface area contributed by atoms with Crippen LogP contribution in [0, 0.1) is 11.7 Å². The van der Waals surface area contributed by atoms with Crippen molar-refractivity contribution in [3.8, 4) is 5.69 Å². The Labute approximate surface area is 129 Å². The van der Waals surface area contributed by atoms with Crippen LogP contribution in [0.2, 0.25) is 0 Å². The third-order valence-corrected chi connectivity index (χ3v) is 3.45. The second-order valence-electron chi connectivity index (χ2n) is 5.66. The molecule has 1 aromatic heterocycles. The number of nitrogens with zero attached hydrogens (tertiary/aromatic N) is 1. The maximum atomic E-state index is 14.1. The van der Waals surface area contributed by atoms with E-state index >= 15 is 0 Å². The number of nitrogens with one attached hydrogen (secondary N) is 1. The molecule has 2 N–H and O–H groups in total. The van der Waals surface area contributed by atoms with Crippen LogP contribution in [0.1, 0.15) is 30.6 Å². The Bertz CT molecular complexity index is 624. The van der Waals surface area contributed by atoms with Gasteiger partial charge in [-0.25, -0.2) is 4.39 Å². The van der Waals surface area contributed by atoms with Crippen molar-refractivity contribution < 1.29 is 14.3 Å². The number of aliphatic hydroxyl groups is 1. The standard InChI is InChI=1S/C17H21FN2O2/c1-12(9-13(2)21)11-19-17(22)14-5-6-16(15(18)10-14)20-7-3-4-8-20/h3-8,10,12-13,21H,9,11H2,1-2H3,(H,19,22). The highest BCUT2D eigenvalue weighted by Crippen LogP contribution is 2.15. The molecule has 1 heterocycles. The number of carbonyl (C=O) groups is 1. The van der Waals surface area contributed by atoms with E-state index in [2.05, 4.69) is 5.32 Å². The van der Waals surface area contributed by atoms with Crippen molar-refractivity contribution in [1.29, 1.82) is 0 Å². The molecule has 0 radical (unpaired) electrons. The summed E-state index contributed by atoms with van der Waals surface area (Å²) in [5.74, 6) is -0.593. The third kappa shape index (κ3) is 4.18. The minimum absolute atomic E-state index is 0.160. The van der Waals surface area contributed by atoms with Gasteiger partial charge in [-0.3, -0.25) is 4.79 Å². The van der Waals surface area contributed by atoms with Crippen molar-refractivity contribution in [3.63, 3.8) is 0 Å². The first kappa shape index (κ1) is 16.2. The first-order chi connectivity index (χ1) is 10.5. The van der Waals surface area contributed by atoms with Crippen LogP contribution in [0.5, 0.6) is 0 Å². The summed E-state index contributed by atoms with van der Waals surface area (Å²) in [6.45, 7) is 4.11. The van der Waals surface area contributed by atoms with Gasteiger partial charge >= 0.3 is 0 Å². The summed E-state index contributed by atoms with van der Waals surface area (Å²) in [6.07, 6.45) is 3.71. The van der Waals surface area contributed by atoms with Crippen molar-refractivity contribution in [2.75, 3.05) is 6.54 Å². The summed E-state index contributed by atoms with van der Waals surface area (Å²) < 4.78 is 15.8. The van der Waals surface area contributed by atoms with Crippen LogP contribution in [0.4, 0.5) is 4.39 Å². The molecule has 0 spiro atoms. The highest BCUT2D eigenvalue weighted by Gasteiger charge is 2.12. The van der Waals surface area contributed by atoms with E-state index in [1.165, 1.54) is 6.07 Å². The smallest absolute Gasteiger partial charge is 0.251 e. The first-order valence-corrected chi connectivity index (χ1v) is 7.36. The molecule has 118 valence electrons. The predicted molar refractivity (Wildman–Crippen MR) is 83.5 cm³/mol. The molecule has 2 atom stereocenters. The largest absolute Gasteiger partial charge is 0.393 e. The van der Waals surface area contributed by atoms with E-state index in [1.54, 1.807) is 36.0 Å². The molecular formula is C17H21FN2O2. The van der Waals surface area contributed by atoms with Gasteiger partial charge < -0.3 is 15.0 Å². The molecule has 1 amide bonds. The van der Waals surface area contributed by atoms with Gasteiger partial charge in [0.2, 0.25) is 0 Å². The van der Waals surface area contributed by atoms with E-state index in [0.29, 0.717) is 18.7 Å². The summed E-state index contributed by atoms with van der Waals surface area (Å²) >= 11 is 0. The number of rotatable bonds is 6. The van der Waals surface area contributed by atoms with Gasteiger partial charge in [0.15, 0.2) is 0 Å². The van der Waals surface area contributed by atoms with Crippen molar-refractivity contribution in [2.24, 2.45) is 5.92 Å². The summed E-state index contributed by atoms with van der Waals surface area (Å²) in [5, 5.41) is 12.1. The molecule has 2 rings (SSSR count). The summed E-state index contributed by atoms with van der Waals surface area (Å²) in [7, 11) is 0. The summed E-state index contributed by atoms with van der Waals surface area (Å²) in [4.78, 5) is 12.0. The zero-order chi connectivity index (χ0) is 16.1. The van der Waals surface area contributed by atoms with E-state index in [9.17, 15) is 14.3 Å². The Kier molecular flexibility index (Phi) is 5.33. The van der Waals surface area contributed by atoms with Crippen LogP contribution in [-0.2, 0) is 0 Å². The van der Waals surface area contributed by atoms with Crippen LogP contribution >= 0.6 is 0 Å². The van der Waals surface area contributed by atoms with E-state index < -0.39 is 11.9 Å². The van der Waals surface area contributed by atoms with Crippen LogP contribution < -0.4 is 5.32 Å². The van der Waals surface area contributed by atoms with Gasteiger partial charge in [-0.15, -0.1) is 0 Å². The van der Waals surface area contributed by atoms with Gasteiger partial charge in [0, 0.05) is 24.5 Å². The normalized spacial score (nSPS) is 13.6. The molecule has 1 aromatic carbocycles. The maximum absolute atomic E-state index is 14.1. The van der Waals surface area contributed by atoms with Crippen LogP contribution in [0.3, 0.4) is 0 Å². The molecule has 2 unspecified atom stereocenters. The van der Waals surface area contributed by atoms with Crippen molar-refractivity contribution in [1.82, 2.24) is 9.88 Å². The molecule has 0 fully saturated rings. The lowest BCUT2D eigenvalue weighted by Crippen LogP contribution is -2.29. The Morgan fingerprint density at radius 1 is 1.32 bits per heavy atom. The second kappa shape index (κ2) is 7.22. The fraction of sp³-hybridized carbons (Fsp3) is 0.353. The maximum Gasteiger partial charge on any atom is 0.251 e. The number of benzene rings is 1. The molecule has 22 heavy (non-hydrogen) atoms. The number of amides is 1. The van der Waals surface area contributed by atoms with Crippen molar-refractivity contribution in [2.45, 2.75) is 26.4 Å². The lowest BCUT2D eigenvalue weighted by Gasteiger charge is -2.14. The van der Waals surface area contributed by atoms with Gasteiger partial charge in [0.05, 0.1) is 11.8 Å². The molecule has 0 aliphatic carbocycles. The molecule has 2 aromatic rings. The number of hydrogen-bond donors (Lipinski definition) is 2. The first-order valence-electron chi connectivity index (χ1n) is 7.36. The Hall–Kier alpha value is -2.14. The van der Waals surface area contributed by atoms with E-state index in [0.717, 1.165) is 0 Å². The second-order valence-corrected chi connectivity index (χ2v) is 5.66. The fourth-order valence-corrected chi connectivity index (χ4v) is 2.39. The predicted octanol–water partition coefficient (Wildman–Crippen LogP) is 2.75.